The Morgan fingerprint density at radius 2 is 1.42 bits per heavy atom. The van der Waals surface area contributed by atoms with Crippen molar-refractivity contribution in [2.45, 2.75) is 25.9 Å². The molecule has 0 spiro atoms. The SMILES string of the molecule is Cc1ccc(-c2ccc(C(C)(O)CCBr)cc2)cc1. The third kappa shape index (κ3) is 3.46. The maximum Gasteiger partial charge on any atom is 0.0876 e. The first-order valence-corrected chi connectivity index (χ1v) is 7.61. The van der Waals surface area contributed by atoms with Crippen molar-refractivity contribution in [3.8, 4) is 11.1 Å². The van der Waals surface area contributed by atoms with Crippen molar-refractivity contribution < 1.29 is 5.11 Å². The van der Waals surface area contributed by atoms with Crippen molar-refractivity contribution in [2.75, 3.05) is 5.33 Å². The minimum absolute atomic E-state index is 0.705. The van der Waals surface area contributed by atoms with Gasteiger partial charge in [-0.15, -0.1) is 0 Å². The molecule has 0 fully saturated rings. The minimum Gasteiger partial charge on any atom is -0.385 e. The summed E-state index contributed by atoms with van der Waals surface area (Å²) in [6, 6.07) is 16.7. The van der Waals surface area contributed by atoms with Gasteiger partial charge in [0, 0.05) is 5.33 Å². The van der Waals surface area contributed by atoms with Gasteiger partial charge >= 0.3 is 0 Å². The quantitative estimate of drug-likeness (QED) is 0.813. The summed E-state index contributed by atoms with van der Waals surface area (Å²) < 4.78 is 0. The third-order valence-electron chi connectivity index (χ3n) is 3.47. The average Bonchev–Trinajstić information content (AvgIpc) is 2.40. The van der Waals surface area contributed by atoms with Crippen LogP contribution in [0.2, 0.25) is 0 Å². The van der Waals surface area contributed by atoms with Crippen LogP contribution in [0, 0.1) is 6.92 Å². The molecule has 0 aliphatic heterocycles. The number of halogens is 1. The summed E-state index contributed by atoms with van der Waals surface area (Å²) in [4.78, 5) is 0. The molecule has 100 valence electrons. The van der Waals surface area contributed by atoms with Crippen molar-refractivity contribution in [2.24, 2.45) is 0 Å². The van der Waals surface area contributed by atoms with Crippen LogP contribution in [0.3, 0.4) is 0 Å². The van der Waals surface area contributed by atoms with E-state index >= 15 is 0 Å². The van der Waals surface area contributed by atoms with Gasteiger partial charge < -0.3 is 5.11 Å². The van der Waals surface area contributed by atoms with Gasteiger partial charge in [-0.1, -0.05) is 70.0 Å². The van der Waals surface area contributed by atoms with Crippen LogP contribution in [0.4, 0.5) is 0 Å². The lowest BCUT2D eigenvalue weighted by molar-refractivity contribution is 0.0547. The topological polar surface area (TPSA) is 20.2 Å². The molecule has 0 amide bonds. The van der Waals surface area contributed by atoms with Gasteiger partial charge in [0.2, 0.25) is 0 Å². The van der Waals surface area contributed by atoms with E-state index in [1.807, 2.05) is 19.1 Å². The van der Waals surface area contributed by atoms with Crippen LogP contribution in [0.25, 0.3) is 11.1 Å². The molecule has 2 aromatic carbocycles. The molecule has 0 bridgehead atoms. The summed E-state index contributed by atoms with van der Waals surface area (Å²) in [5.41, 5.74) is 3.84. The van der Waals surface area contributed by atoms with Crippen molar-refractivity contribution in [3.05, 3.63) is 59.7 Å². The number of benzene rings is 2. The first kappa shape index (κ1) is 14.3. The lowest BCUT2D eigenvalue weighted by Gasteiger charge is -2.23. The Kier molecular flexibility index (Phi) is 4.43. The smallest absolute Gasteiger partial charge is 0.0876 e. The molecule has 0 saturated heterocycles. The normalized spacial score (nSPS) is 14.1. The zero-order valence-electron chi connectivity index (χ0n) is 11.4. The Morgan fingerprint density at radius 1 is 0.947 bits per heavy atom. The van der Waals surface area contributed by atoms with Crippen molar-refractivity contribution in [1.29, 1.82) is 0 Å². The number of hydrogen-bond donors (Lipinski definition) is 1. The molecule has 0 heterocycles. The number of aliphatic hydroxyl groups is 1. The predicted molar refractivity (Wildman–Crippen MR) is 84.6 cm³/mol. The monoisotopic (exact) mass is 318 g/mol. The van der Waals surface area contributed by atoms with E-state index in [4.69, 9.17) is 0 Å². The molecule has 1 atom stereocenters. The van der Waals surface area contributed by atoms with Crippen molar-refractivity contribution >= 4 is 15.9 Å². The Hall–Kier alpha value is -1.12. The summed E-state index contributed by atoms with van der Waals surface area (Å²) in [5.74, 6) is 0. The maximum atomic E-state index is 10.4. The van der Waals surface area contributed by atoms with E-state index in [9.17, 15) is 5.11 Å². The van der Waals surface area contributed by atoms with E-state index in [-0.39, 0.29) is 0 Å². The Labute approximate surface area is 123 Å². The number of aryl methyl sites for hydroxylation is 1. The Balaban J connectivity index is 2.25. The fourth-order valence-corrected chi connectivity index (χ4v) is 2.87. The van der Waals surface area contributed by atoms with Crippen LogP contribution >= 0.6 is 15.9 Å². The summed E-state index contributed by atoms with van der Waals surface area (Å²) in [6.07, 6.45) is 0.705. The Bertz CT molecular complexity index is 526. The van der Waals surface area contributed by atoms with Gasteiger partial charge in [0.05, 0.1) is 5.60 Å². The highest BCUT2D eigenvalue weighted by atomic mass is 79.9. The number of rotatable bonds is 4. The predicted octanol–water partition coefficient (Wildman–Crippen LogP) is 4.65. The molecule has 0 radical (unpaired) electrons. The molecule has 1 nitrogen and oxygen atoms in total. The molecule has 1 unspecified atom stereocenters. The standard InChI is InChI=1S/C17H19BrO/c1-13-3-5-14(6-4-13)15-7-9-16(10-8-15)17(2,19)11-12-18/h3-10,19H,11-12H2,1-2H3. The summed E-state index contributed by atoms with van der Waals surface area (Å²) in [5, 5.41) is 11.1. The molecule has 2 aromatic rings. The maximum absolute atomic E-state index is 10.4. The van der Waals surface area contributed by atoms with Crippen molar-refractivity contribution in [1.82, 2.24) is 0 Å². The van der Waals surface area contributed by atoms with Gasteiger partial charge in [0.15, 0.2) is 0 Å². The van der Waals surface area contributed by atoms with E-state index in [1.54, 1.807) is 0 Å². The summed E-state index contributed by atoms with van der Waals surface area (Å²) in [6.45, 7) is 3.94. The van der Waals surface area contributed by atoms with E-state index < -0.39 is 5.60 Å². The highest BCUT2D eigenvalue weighted by molar-refractivity contribution is 9.09. The van der Waals surface area contributed by atoms with Gasteiger partial charge in [0.1, 0.15) is 0 Å². The lowest BCUT2D eigenvalue weighted by Crippen LogP contribution is -2.21. The van der Waals surface area contributed by atoms with Gasteiger partial charge in [-0.2, -0.15) is 0 Å². The minimum atomic E-state index is -0.769. The molecule has 2 rings (SSSR count). The van der Waals surface area contributed by atoms with E-state index in [1.165, 1.54) is 16.7 Å². The van der Waals surface area contributed by atoms with Gasteiger partial charge in [-0.05, 0) is 37.0 Å². The lowest BCUT2D eigenvalue weighted by atomic mass is 9.91. The summed E-state index contributed by atoms with van der Waals surface area (Å²) in [7, 11) is 0. The first-order chi connectivity index (χ1) is 9.03. The Morgan fingerprint density at radius 3 is 1.89 bits per heavy atom. The fourth-order valence-electron chi connectivity index (χ4n) is 2.10. The van der Waals surface area contributed by atoms with Crippen LogP contribution in [-0.2, 0) is 5.60 Å². The van der Waals surface area contributed by atoms with E-state index in [0.717, 1.165) is 10.9 Å². The molecule has 0 aromatic heterocycles. The van der Waals surface area contributed by atoms with Crippen LogP contribution in [0.5, 0.6) is 0 Å². The highest BCUT2D eigenvalue weighted by Gasteiger charge is 2.21. The fraction of sp³-hybridized carbons (Fsp3) is 0.294. The largest absolute Gasteiger partial charge is 0.385 e. The second-order valence-electron chi connectivity index (χ2n) is 5.16. The van der Waals surface area contributed by atoms with Gasteiger partial charge in [-0.25, -0.2) is 0 Å². The van der Waals surface area contributed by atoms with Crippen LogP contribution in [-0.4, -0.2) is 10.4 Å². The highest BCUT2D eigenvalue weighted by Crippen LogP contribution is 2.28. The third-order valence-corrected chi connectivity index (χ3v) is 3.87. The molecular weight excluding hydrogens is 300 g/mol. The van der Waals surface area contributed by atoms with Crippen LogP contribution in [0.15, 0.2) is 48.5 Å². The second kappa shape index (κ2) is 5.89. The molecular formula is C17H19BrO. The van der Waals surface area contributed by atoms with Crippen LogP contribution < -0.4 is 0 Å². The number of alkyl halides is 1. The molecule has 1 N–H and O–H groups in total. The molecule has 19 heavy (non-hydrogen) atoms. The number of hydrogen-bond acceptors (Lipinski definition) is 1. The van der Waals surface area contributed by atoms with Crippen LogP contribution in [0.1, 0.15) is 24.5 Å². The molecule has 0 aliphatic carbocycles. The van der Waals surface area contributed by atoms with E-state index in [0.29, 0.717) is 6.42 Å². The molecule has 0 aliphatic rings. The first-order valence-electron chi connectivity index (χ1n) is 6.49. The average molecular weight is 319 g/mol. The van der Waals surface area contributed by atoms with Gasteiger partial charge in [-0.3, -0.25) is 0 Å². The van der Waals surface area contributed by atoms with Crippen molar-refractivity contribution in [3.63, 3.8) is 0 Å². The molecule has 0 saturated carbocycles. The van der Waals surface area contributed by atoms with E-state index in [2.05, 4.69) is 59.3 Å². The zero-order chi connectivity index (χ0) is 13.9. The summed E-state index contributed by atoms with van der Waals surface area (Å²) >= 11 is 3.38. The second-order valence-corrected chi connectivity index (χ2v) is 5.95. The van der Waals surface area contributed by atoms with Gasteiger partial charge in [0.25, 0.3) is 0 Å². The zero-order valence-corrected chi connectivity index (χ0v) is 12.9. The molecule has 2 heteroatoms.